The van der Waals surface area contributed by atoms with Crippen molar-refractivity contribution in [3.63, 3.8) is 0 Å². The van der Waals surface area contributed by atoms with Gasteiger partial charge in [-0.05, 0) is 18.4 Å². The highest BCUT2D eigenvalue weighted by atomic mass is 33.4. The van der Waals surface area contributed by atoms with E-state index in [0.717, 1.165) is 10.2 Å². The highest BCUT2D eigenvalue weighted by molar-refractivity contribution is 9.17. The number of carbonyl (C=O) groups is 1. The van der Waals surface area contributed by atoms with Crippen molar-refractivity contribution in [2.45, 2.75) is 19.8 Å². The number of amides is 1. The summed E-state index contributed by atoms with van der Waals surface area (Å²) in [6.07, 6.45) is 5.27. The van der Waals surface area contributed by atoms with Crippen molar-refractivity contribution >= 4 is 56.8 Å². The Morgan fingerprint density at radius 2 is 1.83 bits per heavy atom. The molecule has 126 valence electrons. The summed E-state index contributed by atoms with van der Waals surface area (Å²) in [6, 6.07) is 9.97. The SMILES string of the molecule is CCC1=C([P+](S)(SC)SC)S(=O)N(CCc2ccccc2)C1=O. The standard InChI is InChI=1S/C15H21NO2PS4/c1-4-13-14(17)16(11-10-12-8-6-5-7-9-12)23(18)15(13)19(20,21-2)22-3/h5-9,20H,4,10-11H2,1-3H3/q+1. The largest absolute Gasteiger partial charge is 0.268 e. The summed E-state index contributed by atoms with van der Waals surface area (Å²) in [5.74, 6) is -0.0849. The lowest BCUT2D eigenvalue weighted by Gasteiger charge is -2.17. The van der Waals surface area contributed by atoms with Gasteiger partial charge in [0.25, 0.3) is 5.91 Å². The topological polar surface area (TPSA) is 37.4 Å². The normalized spacial score (nSPS) is 18.9. The number of carbonyl (C=O) groups excluding carboxylic acids is 1. The Balaban J connectivity index is 2.23. The van der Waals surface area contributed by atoms with Gasteiger partial charge in [0.05, 0.1) is 5.57 Å². The highest BCUT2D eigenvalue weighted by Gasteiger charge is 2.53. The third kappa shape index (κ3) is 4.01. The zero-order valence-electron chi connectivity index (χ0n) is 13.4. The predicted octanol–water partition coefficient (Wildman–Crippen LogP) is 4.78. The Morgan fingerprint density at radius 1 is 1.22 bits per heavy atom. The average Bonchev–Trinajstić information content (AvgIpc) is 2.83. The second-order valence-electron chi connectivity index (χ2n) is 4.91. The molecular weight excluding hydrogens is 385 g/mol. The van der Waals surface area contributed by atoms with Crippen molar-refractivity contribution in [1.29, 1.82) is 0 Å². The van der Waals surface area contributed by atoms with E-state index in [4.69, 9.17) is 12.2 Å². The molecule has 1 amide bonds. The third-order valence-electron chi connectivity index (χ3n) is 3.66. The number of hydrogen-bond acceptors (Lipinski definition) is 5. The van der Waals surface area contributed by atoms with E-state index < -0.39 is 15.9 Å². The number of hydrogen-bond donors (Lipinski definition) is 1. The molecule has 1 aromatic rings. The molecule has 0 aromatic heterocycles. The van der Waals surface area contributed by atoms with Crippen LogP contribution in [-0.4, -0.2) is 33.5 Å². The molecule has 0 spiro atoms. The van der Waals surface area contributed by atoms with Gasteiger partial charge in [0, 0.05) is 54.1 Å². The third-order valence-corrected chi connectivity index (χ3v) is 19.4. The molecule has 0 saturated heterocycles. The van der Waals surface area contributed by atoms with E-state index in [1.807, 2.05) is 49.8 Å². The Morgan fingerprint density at radius 3 is 2.35 bits per heavy atom. The van der Waals surface area contributed by atoms with Crippen LogP contribution in [0.3, 0.4) is 0 Å². The zero-order chi connectivity index (χ0) is 17.0. The Kier molecular flexibility index (Phi) is 7.11. The van der Waals surface area contributed by atoms with Crippen molar-refractivity contribution in [2.75, 3.05) is 19.1 Å². The van der Waals surface area contributed by atoms with Crippen LogP contribution in [0.2, 0.25) is 0 Å². The number of nitrogens with zero attached hydrogens (tertiary/aromatic N) is 1. The van der Waals surface area contributed by atoms with Gasteiger partial charge in [-0.3, -0.25) is 9.10 Å². The van der Waals surface area contributed by atoms with Crippen molar-refractivity contribution < 1.29 is 9.00 Å². The molecule has 2 rings (SSSR count). The first kappa shape index (κ1) is 19.4. The van der Waals surface area contributed by atoms with Crippen molar-refractivity contribution in [3.05, 3.63) is 46.1 Å². The fraction of sp³-hybridized carbons (Fsp3) is 0.400. The summed E-state index contributed by atoms with van der Waals surface area (Å²) in [4.78, 5) is 10.8. The molecule has 0 fully saturated rings. The van der Waals surface area contributed by atoms with Crippen LogP contribution in [0.15, 0.2) is 40.6 Å². The highest BCUT2D eigenvalue weighted by Crippen LogP contribution is 2.88. The summed E-state index contributed by atoms with van der Waals surface area (Å²) in [7, 11) is -1.41. The van der Waals surface area contributed by atoms with Gasteiger partial charge < -0.3 is 0 Å². The number of rotatable bonds is 7. The van der Waals surface area contributed by atoms with Gasteiger partial charge in [-0.15, -0.1) is 0 Å². The Labute approximate surface area is 154 Å². The Hall–Kier alpha value is 0.0600. The summed E-state index contributed by atoms with van der Waals surface area (Å²) >= 11 is 8.05. The molecule has 23 heavy (non-hydrogen) atoms. The van der Waals surface area contributed by atoms with E-state index in [-0.39, 0.29) is 5.91 Å². The zero-order valence-corrected chi connectivity index (χ0v) is 17.6. The van der Waals surface area contributed by atoms with Crippen LogP contribution in [-0.2, 0) is 22.2 Å². The molecule has 1 aliphatic rings. The van der Waals surface area contributed by atoms with E-state index in [1.54, 1.807) is 22.8 Å². The van der Waals surface area contributed by atoms with E-state index >= 15 is 0 Å². The molecule has 0 saturated carbocycles. The van der Waals surface area contributed by atoms with Crippen molar-refractivity contribution in [3.8, 4) is 0 Å². The molecule has 0 bridgehead atoms. The molecule has 1 aliphatic heterocycles. The van der Waals surface area contributed by atoms with Gasteiger partial charge >= 0.3 is 0 Å². The van der Waals surface area contributed by atoms with Crippen LogP contribution in [0.1, 0.15) is 18.9 Å². The lowest BCUT2D eigenvalue weighted by Crippen LogP contribution is -2.30. The smallest absolute Gasteiger partial charge is 0.266 e. The van der Waals surface area contributed by atoms with Crippen LogP contribution >= 0.6 is 39.9 Å². The molecule has 0 N–H and O–H groups in total. The van der Waals surface area contributed by atoms with Crippen LogP contribution < -0.4 is 0 Å². The van der Waals surface area contributed by atoms with E-state index in [2.05, 4.69) is 0 Å². The minimum Gasteiger partial charge on any atom is -0.268 e. The second kappa shape index (κ2) is 8.43. The first-order valence-electron chi connectivity index (χ1n) is 7.23. The van der Waals surface area contributed by atoms with Gasteiger partial charge in [0.1, 0.15) is 0 Å². The van der Waals surface area contributed by atoms with Gasteiger partial charge in [-0.1, -0.05) is 37.3 Å². The van der Waals surface area contributed by atoms with E-state index in [9.17, 15) is 9.00 Å². The van der Waals surface area contributed by atoms with Gasteiger partial charge in [0.15, 0.2) is 11.0 Å². The van der Waals surface area contributed by atoms with Gasteiger partial charge in [-0.25, -0.2) is 4.21 Å². The fourth-order valence-corrected chi connectivity index (χ4v) is 12.7. The maximum absolute atomic E-state index is 13.0. The minimum atomic E-state index is -1.93. The monoisotopic (exact) mass is 406 g/mol. The molecule has 3 nitrogen and oxygen atoms in total. The molecule has 8 heteroatoms. The van der Waals surface area contributed by atoms with Crippen molar-refractivity contribution in [1.82, 2.24) is 4.31 Å². The van der Waals surface area contributed by atoms with Crippen LogP contribution in [0.5, 0.6) is 0 Å². The summed E-state index contributed by atoms with van der Waals surface area (Å²) in [6.45, 7) is 2.42. The first-order valence-corrected chi connectivity index (χ1v) is 14.9. The Bertz CT molecular complexity index is 632. The maximum atomic E-state index is 13.0. The summed E-state index contributed by atoms with van der Waals surface area (Å²) in [5.41, 5.74) is 1.84. The van der Waals surface area contributed by atoms with Gasteiger partial charge in [0.2, 0.25) is 9.51 Å². The summed E-state index contributed by atoms with van der Waals surface area (Å²) in [5, 5.41) is 0. The maximum Gasteiger partial charge on any atom is 0.266 e. The average molecular weight is 407 g/mol. The molecule has 1 unspecified atom stereocenters. The molecular formula is C15H21NO2PS4+. The molecule has 0 aliphatic carbocycles. The quantitative estimate of drug-likeness (QED) is 0.523. The molecule has 1 atom stereocenters. The van der Waals surface area contributed by atoms with E-state index in [0.29, 0.717) is 25.0 Å². The molecule has 1 aromatic carbocycles. The number of benzene rings is 1. The van der Waals surface area contributed by atoms with Crippen LogP contribution in [0.25, 0.3) is 0 Å². The first-order chi connectivity index (χ1) is 11.0. The van der Waals surface area contributed by atoms with Gasteiger partial charge in [-0.2, -0.15) is 0 Å². The fourth-order valence-electron chi connectivity index (χ4n) is 2.40. The minimum absolute atomic E-state index is 0.0849. The second-order valence-corrected chi connectivity index (χ2v) is 18.4. The summed E-state index contributed by atoms with van der Waals surface area (Å²) < 4.78 is 15.3. The lowest BCUT2D eigenvalue weighted by atomic mass is 10.1. The molecule has 0 radical (unpaired) electrons. The van der Waals surface area contributed by atoms with Crippen molar-refractivity contribution in [2.24, 2.45) is 0 Å². The lowest BCUT2D eigenvalue weighted by molar-refractivity contribution is -0.122. The molecule has 1 heterocycles. The number of thiol groups is 1. The van der Waals surface area contributed by atoms with Crippen LogP contribution in [0.4, 0.5) is 0 Å². The van der Waals surface area contributed by atoms with E-state index in [1.165, 1.54) is 4.31 Å². The predicted molar refractivity (Wildman–Crippen MR) is 110 cm³/mol. The van der Waals surface area contributed by atoms with Crippen LogP contribution in [0, 0.1) is 0 Å².